The number of imide groups is 1. The summed E-state index contributed by atoms with van der Waals surface area (Å²) in [4.78, 5) is 23.4. The average Bonchev–Trinajstić information content (AvgIpc) is 2.47. The molecule has 0 fully saturated rings. The van der Waals surface area contributed by atoms with Crippen LogP contribution in [0.25, 0.3) is 0 Å². The molecule has 0 saturated carbocycles. The number of amides is 2. The smallest absolute Gasteiger partial charge is 0.268 e. The van der Waals surface area contributed by atoms with Crippen LogP contribution in [0.4, 0.5) is 0 Å². The van der Waals surface area contributed by atoms with Gasteiger partial charge in [-0.25, -0.2) is 8.42 Å². The maximum Gasteiger partial charge on any atom is 0.276 e. The maximum atomic E-state index is 12.0. The molecule has 17 heavy (non-hydrogen) atoms. The molecule has 1 aromatic rings. The van der Waals surface area contributed by atoms with Crippen LogP contribution in [0.2, 0.25) is 0 Å². The van der Waals surface area contributed by atoms with Gasteiger partial charge in [-0.15, -0.1) is 0 Å². The molecule has 88 valence electrons. The first kappa shape index (κ1) is 11.5. The number of hydrogen-bond acceptors (Lipinski definition) is 4. The summed E-state index contributed by atoms with van der Waals surface area (Å²) in [6.07, 6.45) is 0. The van der Waals surface area contributed by atoms with E-state index in [1.54, 1.807) is 6.07 Å². The Morgan fingerprint density at radius 2 is 1.88 bits per heavy atom. The van der Waals surface area contributed by atoms with Crippen molar-refractivity contribution in [2.75, 3.05) is 0 Å². The first-order valence-corrected chi connectivity index (χ1v) is 6.20. The minimum absolute atomic E-state index is 0.00488. The topological polar surface area (TPSA) is 71.5 Å². The van der Waals surface area contributed by atoms with Gasteiger partial charge in [-0.3, -0.25) is 9.59 Å². The highest BCUT2D eigenvalue weighted by Crippen LogP contribution is 2.30. The SMILES string of the molecule is C=C(C)C(=O)N1C(=O)c2ccccc2S1(=O)=O. The molecule has 0 saturated heterocycles. The predicted molar refractivity (Wildman–Crippen MR) is 59.6 cm³/mol. The Morgan fingerprint density at radius 3 is 2.41 bits per heavy atom. The van der Waals surface area contributed by atoms with Gasteiger partial charge in [-0.05, 0) is 19.1 Å². The summed E-state index contributed by atoms with van der Waals surface area (Å²) < 4.78 is 24.2. The molecule has 0 bridgehead atoms. The van der Waals surface area contributed by atoms with E-state index < -0.39 is 21.8 Å². The van der Waals surface area contributed by atoms with E-state index in [0.29, 0.717) is 0 Å². The molecule has 2 amide bonds. The normalized spacial score (nSPS) is 16.8. The number of carbonyl (C=O) groups excluding carboxylic acids is 2. The van der Waals surface area contributed by atoms with Crippen molar-refractivity contribution < 1.29 is 18.0 Å². The molecule has 0 atom stereocenters. The van der Waals surface area contributed by atoms with E-state index >= 15 is 0 Å². The fourth-order valence-electron chi connectivity index (χ4n) is 1.56. The Hall–Kier alpha value is -1.95. The Bertz CT molecular complexity index is 645. The highest BCUT2D eigenvalue weighted by atomic mass is 32.2. The number of benzene rings is 1. The summed E-state index contributed by atoms with van der Waals surface area (Å²) in [5, 5.41) is 0. The third-order valence-corrected chi connectivity index (χ3v) is 4.09. The Balaban J connectivity index is 2.67. The van der Waals surface area contributed by atoms with Crippen LogP contribution in [-0.2, 0) is 14.8 Å². The van der Waals surface area contributed by atoms with Crippen LogP contribution in [0.1, 0.15) is 17.3 Å². The highest BCUT2D eigenvalue weighted by Gasteiger charge is 2.44. The molecule has 1 heterocycles. The van der Waals surface area contributed by atoms with Crippen molar-refractivity contribution in [2.24, 2.45) is 0 Å². The van der Waals surface area contributed by atoms with Crippen molar-refractivity contribution in [1.29, 1.82) is 0 Å². The van der Waals surface area contributed by atoms with Gasteiger partial charge in [0.05, 0.1) is 5.56 Å². The molecule has 2 rings (SSSR count). The zero-order valence-electron chi connectivity index (χ0n) is 9.00. The lowest BCUT2D eigenvalue weighted by molar-refractivity contribution is -0.120. The molecule has 1 aromatic carbocycles. The summed E-state index contributed by atoms with van der Waals surface area (Å²) in [5.41, 5.74) is 0.0110. The van der Waals surface area contributed by atoms with Crippen LogP contribution in [0.3, 0.4) is 0 Å². The molecular weight excluding hydrogens is 242 g/mol. The van der Waals surface area contributed by atoms with Gasteiger partial charge in [0.25, 0.3) is 21.8 Å². The van der Waals surface area contributed by atoms with Gasteiger partial charge in [-0.2, -0.15) is 4.31 Å². The lowest BCUT2D eigenvalue weighted by Crippen LogP contribution is -2.36. The molecule has 5 nitrogen and oxygen atoms in total. The molecule has 0 unspecified atom stereocenters. The zero-order valence-corrected chi connectivity index (χ0v) is 9.82. The Labute approximate surface area is 98.4 Å². The molecule has 0 radical (unpaired) electrons. The monoisotopic (exact) mass is 251 g/mol. The number of rotatable bonds is 1. The molecule has 1 aliphatic heterocycles. The third kappa shape index (κ3) is 1.49. The third-order valence-electron chi connectivity index (χ3n) is 2.37. The van der Waals surface area contributed by atoms with Crippen molar-refractivity contribution >= 4 is 21.8 Å². The highest BCUT2D eigenvalue weighted by molar-refractivity contribution is 7.90. The van der Waals surface area contributed by atoms with Gasteiger partial charge >= 0.3 is 0 Å². The number of carbonyl (C=O) groups is 2. The van der Waals surface area contributed by atoms with Gasteiger partial charge < -0.3 is 0 Å². The Kier molecular flexibility index (Phi) is 2.39. The second-order valence-electron chi connectivity index (χ2n) is 3.66. The summed E-state index contributed by atoms with van der Waals surface area (Å²) in [6, 6.07) is 5.72. The van der Waals surface area contributed by atoms with E-state index in [9.17, 15) is 18.0 Å². The van der Waals surface area contributed by atoms with Crippen molar-refractivity contribution in [3.63, 3.8) is 0 Å². The standard InChI is InChI=1S/C11H9NO4S/c1-7(2)10(13)12-11(14)8-5-3-4-6-9(8)17(12,15)16/h3-6H,1H2,2H3. The molecule has 1 aliphatic rings. The molecule has 0 spiro atoms. The van der Waals surface area contributed by atoms with Crippen molar-refractivity contribution in [3.8, 4) is 0 Å². The van der Waals surface area contributed by atoms with Crippen molar-refractivity contribution in [3.05, 3.63) is 42.0 Å². The van der Waals surface area contributed by atoms with E-state index in [2.05, 4.69) is 6.58 Å². The van der Waals surface area contributed by atoms with E-state index in [4.69, 9.17) is 0 Å². The second kappa shape index (κ2) is 3.53. The second-order valence-corrected chi connectivity index (χ2v) is 5.41. The first-order valence-electron chi connectivity index (χ1n) is 4.76. The molecular formula is C11H9NO4S. The lowest BCUT2D eigenvalue weighted by Gasteiger charge is -2.12. The molecule has 0 aliphatic carbocycles. The van der Waals surface area contributed by atoms with Crippen molar-refractivity contribution in [1.82, 2.24) is 4.31 Å². The zero-order chi connectivity index (χ0) is 12.8. The first-order chi connectivity index (χ1) is 7.87. The van der Waals surface area contributed by atoms with Crippen LogP contribution < -0.4 is 0 Å². The summed E-state index contributed by atoms with van der Waals surface area (Å²) in [6.45, 7) is 4.71. The molecule has 6 heteroatoms. The van der Waals surface area contributed by atoms with Gasteiger partial charge in [0, 0.05) is 5.57 Å². The fraction of sp³-hybridized carbons (Fsp3) is 0.0909. The number of fused-ring (bicyclic) bond motifs is 1. The van der Waals surface area contributed by atoms with Gasteiger partial charge in [0.15, 0.2) is 0 Å². The lowest BCUT2D eigenvalue weighted by atomic mass is 10.2. The molecule has 0 aromatic heterocycles. The van der Waals surface area contributed by atoms with Crippen LogP contribution >= 0.6 is 0 Å². The Morgan fingerprint density at radius 1 is 1.29 bits per heavy atom. The minimum atomic E-state index is -4.07. The quantitative estimate of drug-likeness (QED) is 0.696. The van der Waals surface area contributed by atoms with E-state index in [-0.39, 0.29) is 20.3 Å². The van der Waals surface area contributed by atoms with E-state index in [1.807, 2.05) is 0 Å². The average molecular weight is 251 g/mol. The van der Waals surface area contributed by atoms with Gasteiger partial charge in [-0.1, -0.05) is 18.7 Å². The summed E-state index contributed by atoms with van der Waals surface area (Å²) >= 11 is 0. The predicted octanol–water partition coefficient (Wildman–Crippen LogP) is 0.934. The van der Waals surface area contributed by atoms with Crippen LogP contribution in [0.5, 0.6) is 0 Å². The van der Waals surface area contributed by atoms with Gasteiger partial charge in [0.2, 0.25) is 0 Å². The number of hydrogen-bond donors (Lipinski definition) is 0. The summed E-state index contributed by atoms with van der Waals surface area (Å²) in [7, 11) is -4.07. The van der Waals surface area contributed by atoms with E-state index in [0.717, 1.165) is 0 Å². The summed E-state index contributed by atoms with van der Waals surface area (Å²) in [5.74, 6) is -1.72. The fourth-order valence-corrected chi connectivity index (χ4v) is 3.13. The van der Waals surface area contributed by atoms with Crippen LogP contribution in [-0.4, -0.2) is 24.5 Å². The van der Waals surface area contributed by atoms with Crippen LogP contribution in [0, 0.1) is 0 Å². The molecule has 0 N–H and O–H groups in total. The van der Waals surface area contributed by atoms with E-state index in [1.165, 1.54) is 25.1 Å². The van der Waals surface area contributed by atoms with Gasteiger partial charge in [0.1, 0.15) is 4.90 Å². The van der Waals surface area contributed by atoms with Crippen LogP contribution in [0.15, 0.2) is 41.3 Å². The van der Waals surface area contributed by atoms with Crippen molar-refractivity contribution in [2.45, 2.75) is 11.8 Å². The largest absolute Gasteiger partial charge is 0.276 e. The minimum Gasteiger partial charge on any atom is -0.268 e. The maximum absolute atomic E-state index is 12.0. The number of nitrogens with zero attached hydrogens (tertiary/aromatic N) is 1. The number of sulfonamides is 1.